The molecular formula is C11H15N5. The number of aromatic nitrogens is 4. The van der Waals surface area contributed by atoms with Crippen LogP contribution in [0.1, 0.15) is 11.5 Å². The highest BCUT2D eigenvalue weighted by Gasteiger charge is 1.98. The Kier molecular flexibility index (Phi) is 3.14. The molecule has 0 bridgehead atoms. The van der Waals surface area contributed by atoms with E-state index in [1.54, 1.807) is 6.20 Å². The number of rotatable bonds is 4. The Labute approximate surface area is 94.5 Å². The minimum atomic E-state index is 0.780. The maximum Gasteiger partial charge on any atom is 0.129 e. The van der Waals surface area contributed by atoms with Crippen molar-refractivity contribution in [2.75, 3.05) is 11.9 Å². The predicted molar refractivity (Wildman–Crippen MR) is 62.2 cm³/mol. The van der Waals surface area contributed by atoms with Gasteiger partial charge >= 0.3 is 0 Å². The lowest BCUT2D eigenvalue weighted by atomic mass is 10.3. The maximum atomic E-state index is 4.30. The number of aryl methyl sites for hydroxylation is 2. The minimum Gasteiger partial charge on any atom is -0.370 e. The standard InChI is InChI=1S/C11H15N5/c1-9-12-7-4-11(14-9)13-6-3-10-5-8-16(2)15-10/h4-5,7-8H,3,6H2,1-2H3,(H,12,13,14). The summed E-state index contributed by atoms with van der Waals surface area (Å²) in [5.41, 5.74) is 1.08. The molecule has 84 valence electrons. The van der Waals surface area contributed by atoms with Crippen molar-refractivity contribution in [2.24, 2.45) is 7.05 Å². The summed E-state index contributed by atoms with van der Waals surface area (Å²) in [7, 11) is 1.92. The highest BCUT2D eigenvalue weighted by Crippen LogP contribution is 2.02. The summed E-state index contributed by atoms with van der Waals surface area (Å²) in [4.78, 5) is 8.30. The number of anilines is 1. The van der Waals surface area contributed by atoms with Crippen LogP contribution in [0.25, 0.3) is 0 Å². The highest BCUT2D eigenvalue weighted by atomic mass is 15.2. The normalized spacial score (nSPS) is 10.4. The third-order valence-electron chi connectivity index (χ3n) is 2.23. The van der Waals surface area contributed by atoms with Crippen LogP contribution in [0.15, 0.2) is 24.5 Å². The summed E-state index contributed by atoms with van der Waals surface area (Å²) in [6.07, 6.45) is 4.60. The van der Waals surface area contributed by atoms with E-state index >= 15 is 0 Å². The zero-order chi connectivity index (χ0) is 11.4. The lowest BCUT2D eigenvalue weighted by Crippen LogP contribution is -2.07. The van der Waals surface area contributed by atoms with E-state index in [4.69, 9.17) is 0 Å². The fourth-order valence-corrected chi connectivity index (χ4v) is 1.47. The Hall–Kier alpha value is -1.91. The predicted octanol–water partition coefficient (Wildman–Crippen LogP) is 1.17. The monoisotopic (exact) mass is 217 g/mol. The molecule has 0 spiro atoms. The van der Waals surface area contributed by atoms with Gasteiger partial charge in [0.2, 0.25) is 0 Å². The molecule has 0 saturated carbocycles. The van der Waals surface area contributed by atoms with Crippen LogP contribution in [-0.4, -0.2) is 26.3 Å². The van der Waals surface area contributed by atoms with Gasteiger partial charge in [0.25, 0.3) is 0 Å². The lowest BCUT2D eigenvalue weighted by Gasteiger charge is -2.03. The second-order valence-electron chi connectivity index (χ2n) is 3.65. The third kappa shape index (κ3) is 2.79. The molecule has 2 rings (SSSR count). The summed E-state index contributed by atoms with van der Waals surface area (Å²) < 4.78 is 1.81. The number of hydrogen-bond donors (Lipinski definition) is 1. The molecule has 0 fully saturated rings. The molecule has 0 unspecified atom stereocenters. The Morgan fingerprint density at radius 1 is 1.38 bits per heavy atom. The summed E-state index contributed by atoms with van der Waals surface area (Å²) in [6.45, 7) is 2.71. The average Bonchev–Trinajstić information content (AvgIpc) is 2.64. The summed E-state index contributed by atoms with van der Waals surface area (Å²) in [5, 5.41) is 7.55. The van der Waals surface area contributed by atoms with E-state index in [1.807, 2.05) is 37.0 Å². The van der Waals surface area contributed by atoms with Crippen LogP contribution < -0.4 is 5.32 Å². The molecule has 1 N–H and O–H groups in total. The first-order valence-electron chi connectivity index (χ1n) is 5.26. The second-order valence-corrected chi connectivity index (χ2v) is 3.65. The van der Waals surface area contributed by atoms with Crippen molar-refractivity contribution < 1.29 is 0 Å². The van der Waals surface area contributed by atoms with Gasteiger partial charge in [0.15, 0.2) is 0 Å². The molecular weight excluding hydrogens is 202 g/mol. The van der Waals surface area contributed by atoms with E-state index in [1.165, 1.54) is 0 Å². The molecule has 2 aromatic rings. The smallest absolute Gasteiger partial charge is 0.129 e. The highest BCUT2D eigenvalue weighted by molar-refractivity contribution is 5.32. The quantitative estimate of drug-likeness (QED) is 0.835. The van der Waals surface area contributed by atoms with Gasteiger partial charge in [-0.15, -0.1) is 0 Å². The van der Waals surface area contributed by atoms with Gasteiger partial charge in [-0.2, -0.15) is 5.10 Å². The number of nitrogens with one attached hydrogen (secondary N) is 1. The topological polar surface area (TPSA) is 55.6 Å². The first kappa shape index (κ1) is 10.6. The molecule has 0 aliphatic carbocycles. The van der Waals surface area contributed by atoms with Gasteiger partial charge in [0.05, 0.1) is 5.69 Å². The number of hydrogen-bond acceptors (Lipinski definition) is 4. The van der Waals surface area contributed by atoms with Gasteiger partial charge < -0.3 is 5.32 Å². The zero-order valence-electron chi connectivity index (χ0n) is 9.51. The zero-order valence-corrected chi connectivity index (χ0v) is 9.51. The SMILES string of the molecule is Cc1nccc(NCCc2ccn(C)n2)n1. The summed E-state index contributed by atoms with van der Waals surface area (Å²) >= 11 is 0. The van der Waals surface area contributed by atoms with Crippen molar-refractivity contribution in [3.8, 4) is 0 Å². The molecule has 5 nitrogen and oxygen atoms in total. The van der Waals surface area contributed by atoms with Crippen LogP contribution >= 0.6 is 0 Å². The number of nitrogens with zero attached hydrogens (tertiary/aromatic N) is 4. The summed E-state index contributed by atoms with van der Waals surface area (Å²) in [6, 6.07) is 3.89. The lowest BCUT2D eigenvalue weighted by molar-refractivity contribution is 0.742. The molecule has 0 atom stereocenters. The van der Waals surface area contributed by atoms with E-state index in [9.17, 15) is 0 Å². The van der Waals surface area contributed by atoms with Gasteiger partial charge in [-0.25, -0.2) is 9.97 Å². The van der Waals surface area contributed by atoms with Gasteiger partial charge in [-0.1, -0.05) is 0 Å². The van der Waals surface area contributed by atoms with Crippen LogP contribution in [0, 0.1) is 6.92 Å². The second kappa shape index (κ2) is 4.74. The molecule has 2 heterocycles. The van der Waals surface area contributed by atoms with E-state index in [0.717, 1.165) is 30.3 Å². The van der Waals surface area contributed by atoms with Crippen molar-refractivity contribution in [1.29, 1.82) is 0 Å². The van der Waals surface area contributed by atoms with Gasteiger partial charge in [0, 0.05) is 32.4 Å². The molecule has 2 aromatic heterocycles. The van der Waals surface area contributed by atoms with Crippen LogP contribution in [0.3, 0.4) is 0 Å². The van der Waals surface area contributed by atoms with E-state index in [-0.39, 0.29) is 0 Å². The fourth-order valence-electron chi connectivity index (χ4n) is 1.47. The molecule has 0 radical (unpaired) electrons. The van der Waals surface area contributed by atoms with E-state index in [2.05, 4.69) is 20.4 Å². The van der Waals surface area contributed by atoms with E-state index in [0.29, 0.717) is 0 Å². The van der Waals surface area contributed by atoms with Crippen LogP contribution in [0.2, 0.25) is 0 Å². The Morgan fingerprint density at radius 2 is 2.25 bits per heavy atom. The molecule has 0 aromatic carbocycles. The molecule has 0 saturated heterocycles. The van der Waals surface area contributed by atoms with Crippen LogP contribution in [0.5, 0.6) is 0 Å². The Bertz CT molecular complexity index is 463. The van der Waals surface area contributed by atoms with Gasteiger partial charge in [-0.3, -0.25) is 4.68 Å². The first-order valence-corrected chi connectivity index (χ1v) is 5.26. The van der Waals surface area contributed by atoms with Crippen molar-refractivity contribution in [1.82, 2.24) is 19.7 Å². The Balaban J connectivity index is 1.84. The minimum absolute atomic E-state index is 0.780. The van der Waals surface area contributed by atoms with E-state index < -0.39 is 0 Å². The van der Waals surface area contributed by atoms with Crippen molar-refractivity contribution >= 4 is 5.82 Å². The van der Waals surface area contributed by atoms with Crippen LogP contribution in [0.4, 0.5) is 5.82 Å². The molecule has 5 heteroatoms. The molecule has 0 amide bonds. The van der Waals surface area contributed by atoms with Crippen molar-refractivity contribution in [3.63, 3.8) is 0 Å². The van der Waals surface area contributed by atoms with Crippen molar-refractivity contribution in [2.45, 2.75) is 13.3 Å². The van der Waals surface area contributed by atoms with Gasteiger partial charge in [-0.05, 0) is 19.1 Å². The van der Waals surface area contributed by atoms with Crippen LogP contribution in [-0.2, 0) is 13.5 Å². The van der Waals surface area contributed by atoms with Gasteiger partial charge in [0.1, 0.15) is 11.6 Å². The molecule has 0 aliphatic heterocycles. The largest absolute Gasteiger partial charge is 0.370 e. The maximum absolute atomic E-state index is 4.30. The molecule has 0 aliphatic rings. The van der Waals surface area contributed by atoms with Crippen molar-refractivity contribution in [3.05, 3.63) is 36.0 Å². The Morgan fingerprint density at radius 3 is 2.94 bits per heavy atom. The average molecular weight is 217 g/mol. The summed E-state index contributed by atoms with van der Waals surface area (Å²) in [5.74, 6) is 1.64. The third-order valence-corrected chi connectivity index (χ3v) is 2.23. The molecule has 16 heavy (non-hydrogen) atoms. The fraction of sp³-hybridized carbons (Fsp3) is 0.364. The first-order chi connectivity index (χ1) is 7.74.